The van der Waals surface area contributed by atoms with Crippen molar-refractivity contribution in [3.63, 3.8) is 0 Å². The van der Waals surface area contributed by atoms with Crippen LogP contribution < -0.4 is 0 Å². The summed E-state index contributed by atoms with van der Waals surface area (Å²) < 4.78 is 16.1. The zero-order valence-electron chi connectivity index (χ0n) is 11.8. The van der Waals surface area contributed by atoms with Crippen LogP contribution in [-0.4, -0.2) is 36.2 Å². The Hall–Kier alpha value is -1.59. The first-order valence-electron chi connectivity index (χ1n) is 6.70. The molecular formula is C15H20O5. The third-order valence-corrected chi connectivity index (χ3v) is 3.05. The van der Waals surface area contributed by atoms with Gasteiger partial charge in [0.05, 0.1) is 6.61 Å². The van der Waals surface area contributed by atoms with Gasteiger partial charge in [-0.3, -0.25) is 4.79 Å². The Morgan fingerprint density at radius 1 is 1.40 bits per heavy atom. The Labute approximate surface area is 118 Å². The molecule has 0 bridgehead atoms. The molecule has 1 heterocycles. The van der Waals surface area contributed by atoms with Gasteiger partial charge in [-0.25, -0.2) is 0 Å². The van der Waals surface area contributed by atoms with Crippen LogP contribution in [0.15, 0.2) is 24.3 Å². The van der Waals surface area contributed by atoms with E-state index in [0.717, 1.165) is 5.56 Å². The Bertz CT molecular complexity index is 452. The van der Waals surface area contributed by atoms with Gasteiger partial charge in [0.15, 0.2) is 5.79 Å². The van der Waals surface area contributed by atoms with Gasteiger partial charge in [-0.05, 0) is 38.0 Å². The number of phenols is 1. The SMILES string of the molecule is CC1(C)OC[C@H](COC(=O)CCc2ccc(O)cc2)O1. The van der Waals surface area contributed by atoms with E-state index in [4.69, 9.17) is 19.3 Å². The van der Waals surface area contributed by atoms with Gasteiger partial charge in [0.25, 0.3) is 0 Å². The predicted molar refractivity (Wildman–Crippen MR) is 72.3 cm³/mol. The molecule has 1 aromatic rings. The number of hydrogen-bond acceptors (Lipinski definition) is 5. The van der Waals surface area contributed by atoms with E-state index in [1.54, 1.807) is 24.3 Å². The van der Waals surface area contributed by atoms with Crippen LogP contribution in [0.3, 0.4) is 0 Å². The molecule has 0 unspecified atom stereocenters. The van der Waals surface area contributed by atoms with Crippen molar-refractivity contribution >= 4 is 5.97 Å². The Morgan fingerprint density at radius 3 is 2.70 bits per heavy atom. The van der Waals surface area contributed by atoms with E-state index in [2.05, 4.69) is 0 Å². The molecular weight excluding hydrogens is 260 g/mol. The van der Waals surface area contributed by atoms with Gasteiger partial charge < -0.3 is 19.3 Å². The van der Waals surface area contributed by atoms with Crippen molar-refractivity contribution in [3.8, 4) is 5.75 Å². The number of aromatic hydroxyl groups is 1. The average Bonchev–Trinajstić information content (AvgIpc) is 2.75. The summed E-state index contributed by atoms with van der Waals surface area (Å²) in [5.74, 6) is -0.632. The van der Waals surface area contributed by atoms with Crippen LogP contribution in [0.5, 0.6) is 5.75 Å². The van der Waals surface area contributed by atoms with Crippen LogP contribution in [0.4, 0.5) is 0 Å². The molecule has 0 spiro atoms. The van der Waals surface area contributed by atoms with Gasteiger partial charge in [0.1, 0.15) is 18.5 Å². The summed E-state index contributed by atoms with van der Waals surface area (Å²) in [5.41, 5.74) is 0.987. The quantitative estimate of drug-likeness (QED) is 0.836. The molecule has 1 aliphatic heterocycles. The van der Waals surface area contributed by atoms with Crippen molar-refractivity contribution in [2.24, 2.45) is 0 Å². The molecule has 1 saturated heterocycles. The molecule has 5 heteroatoms. The molecule has 1 atom stereocenters. The number of carbonyl (C=O) groups is 1. The number of aryl methyl sites for hydroxylation is 1. The van der Waals surface area contributed by atoms with Crippen LogP contribution in [0.1, 0.15) is 25.8 Å². The van der Waals surface area contributed by atoms with Crippen LogP contribution in [0.2, 0.25) is 0 Å². The number of hydrogen-bond donors (Lipinski definition) is 1. The summed E-state index contributed by atoms with van der Waals surface area (Å²) in [7, 11) is 0. The van der Waals surface area contributed by atoms with Crippen molar-refractivity contribution in [2.75, 3.05) is 13.2 Å². The maximum atomic E-state index is 11.6. The Kier molecular flexibility index (Phi) is 4.62. The first kappa shape index (κ1) is 14.8. The van der Waals surface area contributed by atoms with E-state index >= 15 is 0 Å². The minimum Gasteiger partial charge on any atom is -0.508 e. The highest BCUT2D eigenvalue weighted by Gasteiger charge is 2.33. The van der Waals surface area contributed by atoms with Crippen molar-refractivity contribution in [1.82, 2.24) is 0 Å². The molecule has 2 rings (SSSR count). The summed E-state index contributed by atoms with van der Waals surface area (Å²) in [5, 5.41) is 9.16. The van der Waals surface area contributed by atoms with Crippen molar-refractivity contribution in [3.05, 3.63) is 29.8 Å². The maximum absolute atomic E-state index is 11.6. The first-order chi connectivity index (χ1) is 9.44. The van der Waals surface area contributed by atoms with E-state index in [1.807, 2.05) is 13.8 Å². The summed E-state index contributed by atoms with van der Waals surface area (Å²) in [6, 6.07) is 6.79. The van der Waals surface area contributed by atoms with Crippen LogP contribution >= 0.6 is 0 Å². The molecule has 1 fully saturated rings. The van der Waals surface area contributed by atoms with E-state index in [1.165, 1.54) is 0 Å². The highest BCUT2D eigenvalue weighted by atomic mass is 16.7. The normalized spacial score (nSPS) is 20.8. The van der Waals surface area contributed by atoms with Crippen molar-refractivity contribution < 1.29 is 24.1 Å². The number of esters is 1. The van der Waals surface area contributed by atoms with E-state index in [-0.39, 0.29) is 24.4 Å². The molecule has 0 aliphatic carbocycles. The second-order valence-corrected chi connectivity index (χ2v) is 5.30. The van der Waals surface area contributed by atoms with Gasteiger partial charge in [0.2, 0.25) is 0 Å². The molecule has 1 N–H and O–H groups in total. The van der Waals surface area contributed by atoms with Gasteiger partial charge >= 0.3 is 5.97 Å². The third kappa shape index (κ3) is 4.51. The molecule has 0 amide bonds. The Balaban J connectivity index is 1.67. The van der Waals surface area contributed by atoms with Crippen LogP contribution in [-0.2, 0) is 25.4 Å². The minimum absolute atomic E-state index is 0.192. The monoisotopic (exact) mass is 280 g/mol. The van der Waals surface area contributed by atoms with E-state index < -0.39 is 5.79 Å². The van der Waals surface area contributed by atoms with E-state index in [9.17, 15) is 4.79 Å². The van der Waals surface area contributed by atoms with Crippen molar-refractivity contribution in [2.45, 2.75) is 38.6 Å². The molecule has 0 saturated carbocycles. The predicted octanol–water partition coefficient (Wildman–Crippen LogP) is 2.02. The Morgan fingerprint density at radius 2 is 2.10 bits per heavy atom. The van der Waals surface area contributed by atoms with Gasteiger partial charge in [-0.15, -0.1) is 0 Å². The fourth-order valence-electron chi connectivity index (χ4n) is 2.01. The lowest BCUT2D eigenvalue weighted by atomic mass is 10.1. The first-order valence-corrected chi connectivity index (χ1v) is 6.70. The fraction of sp³-hybridized carbons (Fsp3) is 0.533. The summed E-state index contributed by atoms with van der Waals surface area (Å²) in [6.07, 6.45) is 0.705. The zero-order valence-corrected chi connectivity index (χ0v) is 11.8. The highest BCUT2D eigenvalue weighted by molar-refractivity contribution is 5.69. The highest BCUT2D eigenvalue weighted by Crippen LogP contribution is 2.22. The van der Waals surface area contributed by atoms with E-state index in [0.29, 0.717) is 19.4 Å². The number of phenolic OH excluding ortho intramolecular Hbond substituents is 1. The molecule has 1 aliphatic rings. The van der Waals surface area contributed by atoms with Gasteiger partial charge in [-0.1, -0.05) is 12.1 Å². The molecule has 0 radical (unpaired) electrons. The molecule has 5 nitrogen and oxygen atoms in total. The second kappa shape index (κ2) is 6.24. The summed E-state index contributed by atoms with van der Waals surface area (Å²) in [6.45, 7) is 4.33. The lowest BCUT2D eigenvalue weighted by Gasteiger charge is -2.16. The number of ether oxygens (including phenoxy) is 3. The molecule has 0 aromatic heterocycles. The third-order valence-electron chi connectivity index (χ3n) is 3.05. The minimum atomic E-state index is -0.594. The van der Waals surface area contributed by atoms with Crippen LogP contribution in [0.25, 0.3) is 0 Å². The molecule has 20 heavy (non-hydrogen) atoms. The fourth-order valence-corrected chi connectivity index (χ4v) is 2.01. The standard InChI is InChI=1S/C15H20O5/c1-15(2)19-10-13(20-15)9-18-14(17)8-5-11-3-6-12(16)7-4-11/h3-4,6-7,13,16H,5,8-10H2,1-2H3/t13-/m0/s1. The number of rotatable bonds is 5. The van der Waals surface area contributed by atoms with Crippen LogP contribution in [0, 0.1) is 0 Å². The molecule has 1 aromatic carbocycles. The van der Waals surface area contributed by atoms with Crippen molar-refractivity contribution in [1.29, 1.82) is 0 Å². The van der Waals surface area contributed by atoms with Gasteiger partial charge in [-0.2, -0.15) is 0 Å². The summed E-state index contributed by atoms with van der Waals surface area (Å²) in [4.78, 5) is 11.6. The largest absolute Gasteiger partial charge is 0.508 e. The lowest BCUT2D eigenvalue weighted by molar-refractivity contribution is -0.158. The zero-order chi connectivity index (χ0) is 14.6. The average molecular weight is 280 g/mol. The number of benzene rings is 1. The topological polar surface area (TPSA) is 65.0 Å². The van der Waals surface area contributed by atoms with Gasteiger partial charge in [0, 0.05) is 6.42 Å². The lowest BCUT2D eigenvalue weighted by Crippen LogP contribution is -2.25. The second-order valence-electron chi connectivity index (χ2n) is 5.30. The summed E-state index contributed by atoms with van der Waals surface area (Å²) >= 11 is 0. The number of carbonyl (C=O) groups excluding carboxylic acids is 1. The molecule has 110 valence electrons. The smallest absolute Gasteiger partial charge is 0.306 e. The maximum Gasteiger partial charge on any atom is 0.306 e.